The number of nitrogens with zero attached hydrogens (tertiary/aromatic N) is 5. The van der Waals surface area contributed by atoms with Gasteiger partial charge in [-0.1, -0.05) is 36.4 Å². The van der Waals surface area contributed by atoms with Gasteiger partial charge < -0.3 is 14.6 Å². The normalized spacial score (nSPS) is 18.0. The molecule has 0 fully saturated rings. The first-order valence-electron chi connectivity index (χ1n) is 14.2. The van der Waals surface area contributed by atoms with Crippen LogP contribution in [0.1, 0.15) is 73.0 Å². The Balaban J connectivity index is 1.52. The quantitative estimate of drug-likeness (QED) is 0.290. The van der Waals surface area contributed by atoms with Gasteiger partial charge in [0, 0.05) is 38.7 Å². The van der Waals surface area contributed by atoms with Crippen molar-refractivity contribution in [3.63, 3.8) is 0 Å². The maximum Gasteiger partial charge on any atom is 0.306 e. The van der Waals surface area contributed by atoms with Crippen molar-refractivity contribution in [1.29, 1.82) is 0 Å². The SMILES string of the molecule is CCOC(=O)CC(c1ccc(C)c(CN2Cc3nc(O)ccc3O[C@](C)(CC)C2)c1)c1ccc2c(nnn2C)c1C. The van der Waals surface area contributed by atoms with Gasteiger partial charge >= 0.3 is 5.97 Å². The van der Waals surface area contributed by atoms with E-state index in [1.165, 1.54) is 0 Å². The lowest BCUT2D eigenvalue weighted by Crippen LogP contribution is -2.42. The summed E-state index contributed by atoms with van der Waals surface area (Å²) in [6.07, 6.45) is 1.06. The fourth-order valence-electron chi connectivity index (χ4n) is 5.76. The van der Waals surface area contributed by atoms with Crippen LogP contribution in [0.4, 0.5) is 0 Å². The molecule has 0 saturated carbocycles. The molecular weight excluding hydrogens is 518 g/mol. The summed E-state index contributed by atoms with van der Waals surface area (Å²) < 4.78 is 13.6. The van der Waals surface area contributed by atoms with Crippen LogP contribution < -0.4 is 4.74 Å². The van der Waals surface area contributed by atoms with Gasteiger partial charge in [-0.15, -0.1) is 5.10 Å². The van der Waals surface area contributed by atoms with E-state index in [0.717, 1.165) is 51.0 Å². The second-order valence-electron chi connectivity index (χ2n) is 11.3. The molecule has 3 heterocycles. The zero-order chi connectivity index (χ0) is 29.3. The number of rotatable bonds is 8. The number of benzene rings is 2. The molecular formula is C32H39N5O4. The van der Waals surface area contributed by atoms with Gasteiger partial charge in [0.2, 0.25) is 5.88 Å². The van der Waals surface area contributed by atoms with Crippen LogP contribution in [0.5, 0.6) is 11.6 Å². The summed E-state index contributed by atoms with van der Waals surface area (Å²) in [7, 11) is 1.88. The lowest BCUT2D eigenvalue weighted by atomic mass is 9.84. The Kier molecular flexibility index (Phi) is 8.00. The molecule has 216 valence electrons. The van der Waals surface area contributed by atoms with Crippen molar-refractivity contribution in [3.8, 4) is 11.6 Å². The first-order chi connectivity index (χ1) is 19.6. The summed E-state index contributed by atoms with van der Waals surface area (Å²) in [4.78, 5) is 19.5. The van der Waals surface area contributed by atoms with E-state index in [0.29, 0.717) is 32.0 Å². The highest BCUT2D eigenvalue weighted by Gasteiger charge is 2.33. The third kappa shape index (κ3) is 5.91. The molecule has 1 aliphatic rings. The molecule has 0 aliphatic carbocycles. The highest BCUT2D eigenvalue weighted by atomic mass is 16.5. The number of carbonyl (C=O) groups excluding carboxylic acids is 1. The van der Waals surface area contributed by atoms with Gasteiger partial charge in [0.05, 0.1) is 18.5 Å². The molecule has 0 amide bonds. The lowest BCUT2D eigenvalue weighted by molar-refractivity contribution is -0.143. The summed E-state index contributed by atoms with van der Waals surface area (Å²) in [6, 6.07) is 13.9. The van der Waals surface area contributed by atoms with Gasteiger partial charge in [-0.05, 0) is 74.1 Å². The van der Waals surface area contributed by atoms with Crippen molar-refractivity contribution in [2.75, 3.05) is 13.2 Å². The van der Waals surface area contributed by atoms with E-state index in [-0.39, 0.29) is 24.2 Å². The first kappa shape index (κ1) is 28.5. The Bertz CT molecular complexity index is 1580. The van der Waals surface area contributed by atoms with Crippen molar-refractivity contribution >= 4 is 17.0 Å². The molecule has 0 radical (unpaired) electrons. The Morgan fingerprint density at radius 3 is 2.73 bits per heavy atom. The second kappa shape index (κ2) is 11.5. The Morgan fingerprint density at radius 2 is 1.98 bits per heavy atom. The van der Waals surface area contributed by atoms with Crippen LogP contribution in [-0.4, -0.2) is 54.7 Å². The van der Waals surface area contributed by atoms with Crippen LogP contribution in [0, 0.1) is 13.8 Å². The summed E-state index contributed by atoms with van der Waals surface area (Å²) in [6.45, 7) is 12.5. The summed E-state index contributed by atoms with van der Waals surface area (Å²) >= 11 is 0. The van der Waals surface area contributed by atoms with Gasteiger partial charge in [0.15, 0.2) is 0 Å². The molecule has 4 aromatic rings. The van der Waals surface area contributed by atoms with Gasteiger partial charge in [-0.25, -0.2) is 9.67 Å². The minimum absolute atomic E-state index is 0.0113. The smallest absolute Gasteiger partial charge is 0.306 e. The third-order valence-electron chi connectivity index (χ3n) is 8.25. The number of aromatic hydroxyl groups is 1. The molecule has 9 heteroatoms. The van der Waals surface area contributed by atoms with E-state index < -0.39 is 5.60 Å². The van der Waals surface area contributed by atoms with Crippen LogP contribution in [-0.2, 0) is 29.7 Å². The average molecular weight is 558 g/mol. The molecule has 1 aliphatic heterocycles. The van der Waals surface area contributed by atoms with Gasteiger partial charge in [-0.3, -0.25) is 9.69 Å². The predicted octanol–water partition coefficient (Wildman–Crippen LogP) is 5.33. The van der Waals surface area contributed by atoms with Gasteiger partial charge in [0.25, 0.3) is 0 Å². The Labute approximate surface area is 241 Å². The van der Waals surface area contributed by atoms with Crippen LogP contribution in [0.15, 0.2) is 42.5 Å². The summed E-state index contributed by atoms with van der Waals surface area (Å²) in [5.74, 6) is 0.268. The van der Waals surface area contributed by atoms with E-state index in [1.54, 1.807) is 16.8 Å². The third-order valence-corrected chi connectivity index (χ3v) is 8.25. The molecule has 2 aromatic heterocycles. The molecule has 0 spiro atoms. The van der Waals surface area contributed by atoms with E-state index in [9.17, 15) is 9.90 Å². The molecule has 5 rings (SSSR count). The highest BCUT2D eigenvalue weighted by molar-refractivity contribution is 5.80. The predicted molar refractivity (Wildman–Crippen MR) is 157 cm³/mol. The fraction of sp³-hybridized carbons (Fsp3) is 0.438. The van der Waals surface area contributed by atoms with E-state index in [4.69, 9.17) is 9.47 Å². The van der Waals surface area contributed by atoms with Crippen molar-refractivity contribution in [2.24, 2.45) is 7.05 Å². The van der Waals surface area contributed by atoms with Crippen LogP contribution in [0.3, 0.4) is 0 Å². The molecule has 9 nitrogen and oxygen atoms in total. The topological polar surface area (TPSA) is 103 Å². The number of esters is 1. The number of carbonyl (C=O) groups is 1. The molecule has 1 unspecified atom stereocenters. The fourth-order valence-corrected chi connectivity index (χ4v) is 5.76. The monoisotopic (exact) mass is 557 g/mol. The number of hydrogen-bond acceptors (Lipinski definition) is 8. The molecule has 41 heavy (non-hydrogen) atoms. The minimum atomic E-state index is -0.398. The number of aromatic nitrogens is 4. The lowest BCUT2D eigenvalue weighted by Gasteiger charge is -2.32. The highest BCUT2D eigenvalue weighted by Crippen LogP contribution is 2.36. The standard InChI is InChI=1S/C32H39N5O4/c1-7-32(5)19-37(18-26-28(41-32)13-14-29(38)33-26)17-23-15-22(10-9-20(23)3)25(16-30(39)40-8-2)24-11-12-27-31(21(24)4)34-35-36(27)6/h9-15,25H,7-8,16-19H2,1-6H3,(H,33,38)/t25?,32-/m1/s1. The maximum atomic E-state index is 12.8. The molecule has 0 saturated heterocycles. The number of aryl methyl sites for hydroxylation is 3. The number of ether oxygens (including phenoxy) is 2. The largest absolute Gasteiger partial charge is 0.493 e. The van der Waals surface area contributed by atoms with Crippen molar-refractivity contribution in [1.82, 2.24) is 24.9 Å². The van der Waals surface area contributed by atoms with Gasteiger partial charge in [0.1, 0.15) is 22.6 Å². The van der Waals surface area contributed by atoms with Gasteiger partial charge in [-0.2, -0.15) is 0 Å². The number of fused-ring (bicyclic) bond motifs is 2. The van der Waals surface area contributed by atoms with Crippen molar-refractivity contribution in [2.45, 2.75) is 72.1 Å². The molecule has 2 atom stereocenters. The van der Waals surface area contributed by atoms with Crippen LogP contribution in [0.2, 0.25) is 0 Å². The van der Waals surface area contributed by atoms with Crippen molar-refractivity contribution < 1.29 is 19.4 Å². The second-order valence-corrected chi connectivity index (χ2v) is 11.3. The first-order valence-corrected chi connectivity index (χ1v) is 14.2. The maximum absolute atomic E-state index is 12.8. The summed E-state index contributed by atoms with van der Waals surface area (Å²) in [5, 5.41) is 18.6. The van der Waals surface area contributed by atoms with E-state index >= 15 is 0 Å². The van der Waals surface area contributed by atoms with Crippen LogP contribution in [0.25, 0.3) is 11.0 Å². The summed E-state index contributed by atoms with van der Waals surface area (Å²) in [5.41, 5.74) is 7.54. The van der Waals surface area contributed by atoms with Crippen molar-refractivity contribution in [3.05, 3.63) is 76.0 Å². The number of pyridine rings is 1. The van der Waals surface area contributed by atoms with E-state index in [1.807, 2.05) is 27.0 Å². The average Bonchev–Trinajstić information content (AvgIpc) is 3.25. The molecule has 2 aromatic carbocycles. The minimum Gasteiger partial charge on any atom is -0.493 e. The van der Waals surface area contributed by atoms with Crippen LogP contribution >= 0.6 is 0 Å². The zero-order valence-electron chi connectivity index (χ0n) is 24.8. The Morgan fingerprint density at radius 1 is 1.17 bits per heavy atom. The molecule has 0 bridgehead atoms. The zero-order valence-corrected chi connectivity index (χ0v) is 24.8. The Hall–Kier alpha value is -3.98. The van der Waals surface area contributed by atoms with E-state index in [2.05, 4.69) is 65.2 Å². The molecule has 1 N–H and O–H groups in total. The number of hydrogen-bond donors (Lipinski definition) is 1.